The van der Waals surface area contributed by atoms with E-state index in [1.54, 1.807) is 35.8 Å². The van der Waals surface area contributed by atoms with E-state index < -0.39 is 0 Å². The lowest BCUT2D eigenvalue weighted by Crippen LogP contribution is -2.50. The number of para-hydroxylation sites is 1. The lowest BCUT2D eigenvalue weighted by Gasteiger charge is -2.36. The molecule has 0 spiro atoms. The number of hydrogen-bond donors (Lipinski definition) is 2. The molecule has 0 aliphatic carbocycles. The number of carbonyl (C=O) groups excluding carboxylic acids is 2. The highest BCUT2D eigenvalue weighted by Crippen LogP contribution is 2.17. The third-order valence-electron chi connectivity index (χ3n) is 4.74. The number of aromatic nitrogens is 1. The summed E-state index contributed by atoms with van der Waals surface area (Å²) in [6.07, 6.45) is 1.64. The first-order valence-electron chi connectivity index (χ1n) is 9.36. The lowest BCUT2D eigenvalue weighted by atomic mass is 10.2. The van der Waals surface area contributed by atoms with Crippen molar-refractivity contribution in [1.82, 2.24) is 9.88 Å². The van der Waals surface area contributed by atoms with E-state index >= 15 is 0 Å². The lowest BCUT2D eigenvalue weighted by molar-refractivity contribution is 0.102. The number of nitrogens with one attached hydrogen (secondary N) is 2. The van der Waals surface area contributed by atoms with Crippen molar-refractivity contribution >= 4 is 39.8 Å². The molecule has 148 valence electrons. The molecule has 1 aliphatic rings. The van der Waals surface area contributed by atoms with Crippen molar-refractivity contribution in [2.75, 3.05) is 41.7 Å². The zero-order valence-electron chi connectivity index (χ0n) is 15.7. The molecule has 2 heterocycles. The van der Waals surface area contributed by atoms with E-state index in [9.17, 15) is 9.59 Å². The van der Waals surface area contributed by atoms with Gasteiger partial charge >= 0.3 is 6.03 Å². The standard InChI is InChI=1S/C21H21N5O2S/c27-19(24-20-22-10-15-29-20)16-6-8-17(9-7-16)23-21(28)26-13-11-25(12-14-26)18-4-2-1-3-5-18/h1-10,15H,11-14H2,(H,23,28)(H,22,24,27). The first-order chi connectivity index (χ1) is 14.2. The largest absolute Gasteiger partial charge is 0.368 e. The number of urea groups is 1. The molecule has 2 aromatic carbocycles. The third-order valence-corrected chi connectivity index (χ3v) is 5.43. The Labute approximate surface area is 173 Å². The molecule has 0 radical (unpaired) electrons. The van der Waals surface area contributed by atoms with Crippen LogP contribution < -0.4 is 15.5 Å². The Bertz CT molecular complexity index is 953. The number of rotatable bonds is 4. The normalized spacial score (nSPS) is 13.8. The summed E-state index contributed by atoms with van der Waals surface area (Å²) >= 11 is 1.36. The first kappa shape index (κ1) is 18.9. The molecule has 4 rings (SSSR count). The van der Waals surface area contributed by atoms with Crippen molar-refractivity contribution in [3.8, 4) is 0 Å². The Hall–Kier alpha value is -3.39. The monoisotopic (exact) mass is 407 g/mol. The summed E-state index contributed by atoms with van der Waals surface area (Å²) < 4.78 is 0. The fourth-order valence-electron chi connectivity index (χ4n) is 3.17. The molecule has 0 atom stereocenters. The average molecular weight is 407 g/mol. The summed E-state index contributed by atoms with van der Waals surface area (Å²) in [7, 11) is 0. The van der Waals surface area contributed by atoms with Crippen molar-refractivity contribution in [2.45, 2.75) is 0 Å². The van der Waals surface area contributed by atoms with Crippen LogP contribution in [0.15, 0.2) is 66.2 Å². The van der Waals surface area contributed by atoms with Gasteiger partial charge in [0, 0.05) is 54.7 Å². The fraction of sp³-hybridized carbons (Fsp3) is 0.190. The SMILES string of the molecule is O=C(Nc1nccs1)c1ccc(NC(=O)N2CCN(c3ccccc3)CC2)cc1. The quantitative estimate of drug-likeness (QED) is 0.691. The maximum atomic E-state index is 12.6. The maximum Gasteiger partial charge on any atom is 0.321 e. The number of piperazine rings is 1. The highest BCUT2D eigenvalue weighted by Gasteiger charge is 2.21. The van der Waals surface area contributed by atoms with Gasteiger partial charge in [0.1, 0.15) is 0 Å². The van der Waals surface area contributed by atoms with Crippen LogP contribution in [0.3, 0.4) is 0 Å². The molecule has 1 aliphatic heterocycles. The summed E-state index contributed by atoms with van der Waals surface area (Å²) in [5.41, 5.74) is 2.35. The number of hydrogen-bond acceptors (Lipinski definition) is 5. The van der Waals surface area contributed by atoms with Gasteiger partial charge in [-0.3, -0.25) is 10.1 Å². The molecule has 0 bridgehead atoms. The molecule has 29 heavy (non-hydrogen) atoms. The first-order valence-corrected chi connectivity index (χ1v) is 10.2. The molecule has 0 unspecified atom stereocenters. The van der Waals surface area contributed by atoms with Gasteiger partial charge in [-0.25, -0.2) is 9.78 Å². The number of anilines is 3. The minimum atomic E-state index is -0.227. The van der Waals surface area contributed by atoms with Crippen molar-refractivity contribution in [3.05, 3.63) is 71.7 Å². The summed E-state index contributed by atoms with van der Waals surface area (Å²) in [6, 6.07) is 16.9. The van der Waals surface area contributed by atoms with E-state index in [2.05, 4.69) is 32.7 Å². The van der Waals surface area contributed by atoms with E-state index in [4.69, 9.17) is 0 Å². The zero-order chi connectivity index (χ0) is 20.1. The van der Waals surface area contributed by atoms with Gasteiger partial charge < -0.3 is 15.1 Å². The minimum Gasteiger partial charge on any atom is -0.368 e. The van der Waals surface area contributed by atoms with Gasteiger partial charge in [0.05, 0.1) is 0 Å². The van der Waals surface area contributed by atoms with Crippen molar-refractivity contribution < 1.29 is 9.59 Å². The van der Waals surface area contributed by atoms with Gasteiger partial charge in [-0.15, -0.1) is 11.3 Å². The molecular weight excluding hydrogens is 386 g/mol. The molecule has 1 aromatic heterocycles. The summed E-state index contributed by atoms with van der Waals surface area (Å²) in [6.45, 7) is 2.92. The van der Waals surface area contributed by atoms with Crippen LogP contribution in [-0.2, 0) is 0 Å². The van der Waals surface area contributed by atoms with Gasteiger partial charge in [0.25, 0.3) is 5.91 Å². The van der Waals surface area contributed by atoms with Crippen LogP contribution in [0.4, 0.5) is 21.3 Å². The van der Waals surface area contributed by atoms with E-state index in [0.29, 0.717) is 29.5 Å². The predicted octanol–water partition coefficient (Wildman–Crippen LogP) is 3.75. The van der Waals surface area contributed by atoms with E-state index in [1.807, 2.05) is 23.1 Å². The smallest absolute Gasteiger partial charge is 0.321 e. The van der Waals surface area contributed by atoms with Crippen LogP contribution in [0.25, 0.3) is 0 Å². The zero-order valence-corrected chi connectivity index (χ0v) is 16.6. The van der Waals surface area contributed by atoms with Crippen LogP contribution >= 0.6 is 11.3 Å². The highest BCUT2D eigenvalue weighted by molar-refractivity contribution is 7.13. The molecule has 2 N–H and O–H groups in total. The van der Waals surface area contributed by atoms with Crippen LogP contribution in [0.2, 0.25) is 0 Å². The van der Waals surface area contributed by atoms with Crippen LogP contribution in [0.1, 0.15) is 10.4 Å². The second-order valence-electron chi connectivity index (χ2n) is 6.61. The predicted molar refractivity (Wildman–Crippen MR) is 116 cm³/mol. The molecule has 1 fully saturated rings. The number of carbonyl (C=O) groups is 2. The van der Waals surface area contributed by atoms with E-state index in [0.717, 1.165) is 13.1 Å². The highest BCUT2D eigenvalue weighted by atomic mass is 32.1. The van der Waals surface area contributed by atoms with Crippen LogP contribution in [0, 0.1) is 0 Å². The summed E-state index contributed by atoms with van der Waals surface area (Å²) in [5.74, 6) is -0.227. The minimum absolute atomic E-state index is 0.127. The van der Waals surface area contributed by atoms with E-state index in [-0.39, 0.29) is 11.9 Å². The Balaban J connectivity index is 1.29. The summed E-state index contributed by atoms with van der Waals surface area (Å²) in [4.78, 5) is 32.9. The molecular formula is C21H21N5O2S. The molecule has 1 saturated heterocycles. The fourth-order valence-corrected chi connectivity index (χ4v) is 3.69. The maximum absolute atomic E-state index is 12.6. The van der Waals surface area contributed by atoms with Crippen molar-refractivity contribution in [2.24, 2.45) is 0 Å². The third kappa shape index (κ3) is 4.72. The van der Waals surface area contributed by atoms with Gasteiger partial charge in [0.2, 0.25) is 0 Å². The van der Waals surface area contributed by atoms with E-state index in [1.165, 1.54) is 17.0 Å². The van der Waals surface area contributed by atoms with Crippen molar-refractivity contribution in [3.63, 3.8) is 0 Å². The Morgan fingerprint density at radius 2 is 1.62 bits per heavy atom. The Morgan fingerprint density at radius 3 is 2.28 bits per heavy atom. The molecule has 3 amide bonds. The number of nitrogens with zero attached hydrogens (tertiary/aromatic N) is 3. The number of thiazole rings is 1. The molecule has 8 heteroatoms. The Kier molecular flexibility index (Phi) is 5.71. The second kappa shape index (κ2) is 8.74. The van der Waals surface area contributed by atoms with Crippen LogP contribution in [-0.4, -0.2) is 48.0 Å². The summed E-state index contributed by atoms with van der Waals surface area (Å²) in [5, 5.41) is 8.00. The average Bonchev–Trinajstić information content (AvgIpc) is 3.28. The van der Waals surface area contributed by atoms with Gasteiger partial charge in [-0.2, -0.15) is 0 Å². The molecule has 7 nitrogen and oxygen atoms in total. The molecule has 0 saturated carbocycles. The van der Waals surface area contributed by atoms with Gasteiger partial charge in [0.15, 0.2) is 5.13 Å². The number of amides is 3. The second-order valence-corrected chi connectivity index (χ2v) is 7.50. The van der Waals surface area contributed by atoms with Crippen LogP contribution in [0.5, 0.6) is 0 Å². The van der Waals surface area contributed by atoms with Gasteiger partial charge in [-0.1, -0.05) is 18.2 Å². The van der Waals surface area contributed by atoms with Gasteiger partial charge in [-0.05, 0) is 36.4 Å². The molecule has 3 aromatic rings. The number of benzene rings is 2. The topological polar surface area (TPSA) is 77.6 Å². The Morgan fingerprint density at radius 1 is 0.897 bits per heavy atom. The van der Waals surface area contributed by atoms with Crippen molar-refractivity contribution in [1.29, 1.82) is 0 Å².